The summed E-state index contributed by atoms with van der Waals surface area (Å²) in [7, 11) is 1.50. The molecule has 0 heterocycles. The summed E-state index contributed by atoms with van der Waals surface area (Å²) in [6.45, 7) is 20.2. The van der Waals surface area contributed by atoms with E-state index in [-0.39, 0.29) is 45.6 Å². The van der Waals surface area contributed by atoms with Gasteiger partial charge < -0.3 is 14.9 Å². The minimum absolute atomic E-state index is 0.0786. The highest BCUT2D eigenvalue weighted by molar-refractivity contribution is 5.73. The van der Waals surface area contributed by atoms with E-state index in [9.17, 15) is 15.0 Å². The van der Waals surface area contributed by atoms with Crippen molar-refractivity contribution in [2.24, 2.45) is 45.3 Å². The van der Waals surface area contributed by atoms with Gasteiger partial charge in [0.2, 0.25) is 0 Å². The van der Waals surface area contributed by atoms with Crippen molar-refractivity contribution in [2.45, 2.75) is 118 Å². The number of allylic oxidation sites excluding steroid dienone is 2. The van der Waals surface area contributed by atoms with Crippen LogP contribution in [0.5, 0.6) is 0 Å². The average Bonchev–Trinajstić information content (AvgIpc) is 3.03. The quantitative estimate of drug-likeness (QED) is 0.309. The third kappa shape index (κ3) is 3.79. The van der Waals surface area contributed by atoms with Gasteiger partial charge in [-0.15, -0.1) is 0 Å². The SMILES string of the molecule is C=C(CCC(C(=O)OC)C1CC(O)C2(C)C3=C(CCC12C)C1(C)CCC(O)C(C)(C)C1CC3)C(C)C. The van der Waals surface area contributed by atoms with Crippen molar-refractivity contribution in [3.63, 3.8) is 0 Å². The molecule has 0 bridgehead atoms. The lowest BCUT2D eigenvalue weighted by molar-refractivity contribution is -0.150. The minimum atomic E-state index is -0.458. The largest absolute Gasteiger partial charge is 0.469 e. The maximum absolute atomic E-state index is 13.2. The molecule has 0 aromatic carbocycles. The number of hydrogen-bond donors (Lipinski definition) is 2. The van der Waals surface area contributed by atoms with E-state index in [4.69, 9.17) is 4.74 Å². The van der Waals surface area contributed by atoms with Gasteiger partial charge in [-0.05, 0) is 91.8 Å². The zero-order chi connectivity index (χ0) is 26.8. The maximum atomic E-state index is 13.2. The molecule has 0 saturated heterocycles. The Labute approximate surface area is 220 Å². The van der Waals surface area contributed by atoms with Crippen LogP contribution >= 0.6 is 0 Å². The monoisotopic (exact) mass is 500 g/mol. The lowest BCUT2D eigenvalue weighted by Crippen LogP contribution is -2.56. The molecule has 204 valence electrons. The maximum Gasteiger partial charge on any atom is 0.308 e. The summed E-state index contributed by atoms with van der Waals surface area (Å²) in [5, 5.41) is 22.7. The Morgan fingerprint density at radius 1 is 1.03 bits per heavy atom. The number of carbonyl (C=O) groups is 1. The number of aliphatic hydroxyl groups is 2. The molecule has 4 aliphatic carbocycles. The molecule has 2 saturated carbocycles. The third-order valence-corrected chi connectivity index (χ3v) is 12.5. The first-order valence-corrected chi connectivity index (χ1v) is 14.5. The molecule has 0 aromatic rings. The highest BCUT2D eigenvalue weighted by Gasteiger charge is 2.67. The highest BCUT2D eigenvalue weighted by Crippen LogP contribution is 2.72. The average molecular weight is 501 g/mol. The van der Waals surface area contributed by atoms with E-state index in [0.717, 1.165) is 51.4 Å². The standard InChI is InChI=1S/C32H52O4/c1-19(2)20(3)10-11-21(28(35)36-9)24-18-27(34)32(8)23-12-13-25-29(4,5)26(33)15-16-30(25,6)22(23)14-17-31(24,32)7/h19,21,24-27,33-34H,3,10-18H2,1-2,4-9H3. The van der Waals surface area contributed by atoms with Crippen molar-refractivity contribution in [1.82, 2.24) is 0 Å². The van der Waals surface area contributed by atoms with E-state index in [1.54, 1.807) is 5.57 Å². The van der Waals surface area contributed by atoms with Gasteiger partial charge >= 0.3 is 5.97 Å². The van der Waals surface area contributed by atoms with Crippen molar-refractivity contribution in [3.8, 4) is 0 Å². The number of ether oxygens (including phenoxy) is 1. The smallest absolute Gasteiger partial charge is 0.308 e. The van der Waals surface area contributed by atoms with Crippen LogP contribution in [0.2, 0.25) is 0 Å². The molecule has 8 atom stereocenters. The Hall–Kier alpha value is -1.13. The lowest BCUT2D eigenvalue weighted by atomic mass is 9.43. The summed E-state index contributed by atoms with van der Waals surface area (Å²) in [5.74, 6) is 0.598. The summed E-state index contributed by atoms with van der Waals surface area (Å²) in [5.41, 5.74) is 3.72. The van der Waals surface area contributed by atoms with E-state index in [2.05, 4.69) is 55.0 Å². The molecule has 0 radical (unpaired) electrons. The molecule has 4 rings (SSSR count). The summed E-state index contributed by atoms with van der Waals surface area (Å²) < 4.78 is 5.35. The molecule has 4 heteroatoms. The molecule has 36 heavy (non-hydrogen) atoms. The first kappa shape index (κ1) is 27.9. The van der Waals surface area contributed by atoms with Gasteiger partial charge in [0.1, 0.15) is 0 Å². The zero-order valence-electron chi connectivity index (χ0n) is 24.2. The predicted molar refractivity (Wildman–Crippen MR) is 145 cm³/mol. The van der Waals surface area contributed by atoms with Crippen LogP contribution in [-0.4, -0.2) is 35.5 Å². The van der Waals surface area contributed by atoms with Crippen LogP contribution in [0.15, 0.2) is 23.3 Å². The van der Waals surface area contributed by atoms with E-state index in [1.165, 1.54) is 18.3 Å². The van der Waals surface area contributed by atoms with Crippen molar-refractivity contribution in [2.75, 3.05) is 7.11 Å². The fraction of sp³-hybridized carbons (Fsp3) is 0.844. The van der Waals surface area contributed by atoms with Gasteiger partial charge in [-0.2, -0.15) is 0 Å². The second kappa shape index (κ2) is 9.26. The van der Waals surface area contributed by atoms with Gasteiger partial charge in [-0.25, -0.2) is 0 Å². The van der Waals surface area contributed by atoms with Crippen molar-refractivity contribution in [1.29, 1.82) is 0 Å². The third-order valence-electron chi connectivity index (χ3n) is 12.5. The second-order valence-electron chi connectivity index (χ2n) is 14.3. The van der Waals surface area contributed by atoms with Gasteiger partial charge in [0.25, 0.3) is 0 Å². The molecule has 2 N–H and O–H groups in total. The second-order valence-corrected chi connectivity index (χ2v) is 14.3. The van der Waals surface area contributed by atoms with Gasteiger partial charge in [0.05, 0.1) is 25.2 Å². The van der Waals surface area contributed by atoms with Crippen molar-refractivity contribution in [3.05, 3.63) is 23.3 Å². The zero-order valence-corrected chi connectivity index (χ0v) is 24.2. The highest BCUT2D eigenvalue weighted by atomic mass is 16.5. The van der Waals surface area contributed by atoms with Gasteiger partial charge in [0.15, 0.2) is 0 Å². The molecule has 0 amide bonds. The molecule has 0 aliphatic heterocycles. The van der Waals surface area contributed by atoms with Crippen LogP contribution in [0, 0.1) is 45.3 Å². The molecular formula is C32H52O4. The van der Waals surface area contributed by atoms with Crippen LogP contribution in [0.4, 0.5) is 0 Å². The molecule has 8 unspecified atom stereocenters. The number of carbonyl (C=O) groups excluding carboxylic acids is 1. The van der Waals surface area contributed by atoms with Crippen molar-refractivity contribution >= 4 is 5.97 Å². The number of aliphatic hydroxyl groups excluding tert-OH is 2. The molecular weight excluding hydrogens is 448 g/mol. The van der Waals surface area contributed by atoms with Crippen LogP contribution in [0.1, 0.15) is 106 Å². The van der Waals surface area contributed by atoms with E-state index in [1.807, 2.05) is 0 Å². The molecule has 2 fully saturated rings. The first-order chi connectivity index (χ1) is 16.7. The number of hydrogen-bond acceptors (Lipinski definition) is 4. The van der Waals surface area contributed by atoms with Gasteiger partial charge in [0, 0.05) is 5.41 Å². The van der Waals surface area contributed by atoms with E-state index >= 15 is 0 Å². The number of esters is 1. The van der Waals surface area contributed by atoms with Crippen LogP contribution in [0.25, 0.3) is 0 Å². The van der Waals surface area contributed by atoms with Gasteiger partial charge in [-0.3, -0.25) is 4.79 Å². The minimum Gasteiger partial charge on any atom is -0.469 e. The first-order valence-electron chi connectivity index (χ1n) is 14.5. The molecule has 0 spiro atoms. The van der Waals surface area contributed by atoms with Crippen molar-refractivity contribution < 1.29 is 19.7 Å². The summed E-state index contributed by atoms with van der Waals surface area (Å²) in [6.07, 6.45) is 7.48. The lowest BCUT2D eigenvalue weighted by Gasteiger charge is -2.62. The van der Waals surface area contributed by atoms with Crippen LogP contribution < -0.4 is 0 Å². The fourth-order valence-electron chi connectivity index (χ4n) is 9.63. The van der Waals surface area contributed by atoms with E-state index in [0.29, 0.717) is 18.3 Å². The predicted octanol–water partition coefficient (Wildman–Crippen LogP) is 6.85. The number of methoxy groups -OCH3 is 1. The Kier molecular flexibility index (Phi) is 7.17. The topological polar surface area (TPSA) is 66.8 Å². The molecule has 4 aliphatic rings. The summed E-state index contributed by atoms with van der Waals surface area (Å²) in [6, 6.07) is 0. The van der Waals surface area contributed by atoms with Gasteiger partial charge in [-0.1, -0.05) is 71.8 Å². The fourth-order valence-corrected chi connectivity index (χ4v) is 9.63. The normalized spacial score (nSPS) is 42.4. The Balaban J connectivity index is 1.73. The number of rotatable bonds is 6. The molecule has 4 nitrogen and oxygen atoms in total. The van der Waals surface area contributed by atoms with E-state index < -0.39 is 6.10 Å². The Bertz CT molecular complexity index is 930. The molecule has 0 aromatic heterocycles. The Morgan fingerprint density at radius 2 is 1.69 bits per heavy atom. The summed E-state index contributed by atoms with van der Waals surface area (Å²) >= 11 is 0. The van der Waals surface area contributed by atoms with Crippen LogP contribution in [0.3, 0.4) is 0 Å². The number of fused-ring (bicyclic) bond motifs is 4. The Morgan fingerprint density at radius 3 is 2.31 bits per heavy atom. The van der Waals surface area contributed by atoms with Crippen LogP contribution in [-0.2, 0) is 9.53 Å². The summed E-state index contributed by atoms with van der Waals surface area (Å²) in [4.78, 5) is 13.2.